The predicted molar refractivity (Wildman–Crippen MR) is 163 cm³/mol. The largest absolute Gasteiger partial charge is 0.496 e. The van der Waals surface area contributed by atoms with E-state index in [0.29, 0.717) is 17.0 Å². The molecule has 5 rings (SSSR count). The van der Waals surface area contributed by atoms with Gasteiger partial charge in [0.05, 0.1) is 17.7 Å². The number of hydrogen-bond acceptors (Lipinski definition) is 5. The van der Waals surface area contributed by atoms with Crippen LogP contribution in [-0.4, -0.2) is 57.1 Å². The molecule has 7 heteroatoms. The Morgan fingerprint density at radius 3 is 2.58 bits per heavy atom. The number of likely N-dealkylation sites (N-methyl/N-ethyl adjacent to an activating group) is 1. The fraction of sp³-hybridized carbons (Fsp3) is 0.333. The number of hydrogen-bond donors (Lipinski definition) is 1. The van der Waals surface area contributed by atoms with Crippen LogP contribution >= 0.6 is 11.8 Å². The third-order valence-electron chi connectivity index (χ3n) is 7.75. The van der Waals surface area contributed by atoms with Crippen molar-refractivity contribution in [3.63, 3.8) is 0 Å². The molecule has 2 amide bonds. The summed E-state index contributed by atoms with van der Waals surface area (Å²) >= 11 is 1.42. The van der Waals surface area contributed by atoms with Gasteiger partial charge in [-0.2, -0.15) is 0 Å². The van der Waals surface area contributed by atoms with Crippen molar-refractivity contribution in [2.24, 2.45) is 5.92 Å². The molecule has 1 fully saturated rings. The first-order chi connectivity index (χ1) is 19.5. The molecule has 1 saturated heterocycles. The number of para-hydroxylation sites is 1. The lowest BCUT2D eigenvalue weighted by Crippen LogP contribution is -2.36. The number of likely N-dealkylation sites (tertiary alicyclic amines) is 1. The molecule has 6 nitrogen and oxygen atoms in total. The minimum absolute atomic E-state index is 0.103. The normalized spacial score (nSPS) is 17.1. The molecule has 2 heterocycles. The van der Waals surface area contributed by atoms with Gasteiger partial charge in [-0.1, -0.05) is 60.3 Å². The maximum absolute atomic E-state index is 13.1. The Morgan fingerprint density at radius 1 is 1.05 bits per heavy atom. The van der Waals surface area contributed by atoms with Gasteiger partial charge in [0.1, 0.15) is 5.75 Å². The molecule has 0 atom stereocenters. The number of thioether (sulfide) groups is 1. The lowest BCUT2D eigenvalue weighted by molar-refractivity contribution is -0.114. The second kappa shape index (κ2) is 13.2. The van der Waals surface area contributed by atoms with Gasteiger partial charge < -0.3 is 19.9 Å². The quantitative estimate of drug-likeness (QED) is 0.264. The van der Waals surface area contributed by atoms with Gasteiger partial charge in [-0.05, 0) is 87.1 Å². The van der Waals surface area contributed by atoms with Crippen LogP contribution < -0.4 is 15.0 Å². The predicted octanol–water partition coefficient (Wildman–Crippen LogP) is 5.88. The number of anilines is 1. The van der Waals surface area contributed by atoms with E-state index in [1.165, 1.54) is 36.6 Å². The van der Waals surface area contributed by atoms with Crippen LogP contribution in [0.25, 0.3) is 6.08 Å². The van der Waals surface area contributed by atoms with Gasteiger partial charge in [0, 0.05) is 29.6 Å². The van der Waals surface area contributed by atoms with Gasteiger partial charge in [-0.3, -0.25) is 9.59 Å². The number of nitrogens with zero attached hydrogens (tertiary/aromatic N) is 2. The second-order valence-electron chi connectivity index (χ2n) is 10.5. The SMILES string of the molecule is COc1ccccc1/C=C1/Sc2ccc(C(=O)NCCCN3CCC(Cc4ccccc4)CC3)cc2N(C)C1=O. The maximum atomic E-state index is 13.1. The number of fused-ring (bicyclic) bond motifs is 1. The van der Waals surface area contributed by atoms with Gasteiger partial charge in [-0.25, -0.2) is 0 Å². The summed E-state index contributed by atoms with van der Waals surface area (Å²) in [4.78, 5) is 31.7. The average Bonchev–Trinajstić information content (AvgIpc) is 2.99. The van der Waals surface area contributed by atoms with Crippen molar-refractivity contribution in [3.8, 4) is 5.75 Å². The highest BCUT2D eigenvalue weighted by Crippen LogP contribution is 2.42. The van der Waals surface area contributed by atoms with Gasteiger partial charge in [0.25, 0.3) is 11.8 Å². The van der Waals surface area contributed by atoms with Crippen molar-refractivity contribution in [3.05, 3.63) is 94.4 Å². The Labute approximate surface area is 241 Å². The van der Waals surface area contributed by atoms with Crippen LogP contribution in [-0.2, 0) is 11.2 Å². The van der Waals surface area contributed by atoms with E-state index < -0.39 is 0 Å². The molecule has 2 aliphatic rings. The molecule has 0 saturated carbocycles. The summed E-state index contributed by atoms with van der Waals surface area (Å²) in [5.41, 5.74) is 3.60. The number of carbonyl (C=O) groups excluding carboxylic acids is 2. The zero-order valence-electron chi connectivity index (χ0n) is 23.3. The molecular weight excluding hydrogens is 518 g/mol. The first-order valence-corrected chi connectivity index (χ1v) is 14.8. The highest BCUT2D eigenvalue weighted by molar-refractivity contribution is 8.04. The highest BCUT2D eigenvalue weighted by Gasteiger charge is 2.28. The summed E-state index contributed by atoms with van der Waals surface area (Å²) in [5, 5.41) is 3.07. The molecule has 40 heavy (non-hydrogen) atoms. The Morgan fingerprint density at radius 2 is 1.80 bits per heavy atom. The molecule has 208 valence electrons. The Kier molecular flexibility index (Phi) is 9.24. The molecule has 0 radical (unpaired) electrons. The second-order valence-corrected chi connectivity index (χ2v) is 11.6. The number of ether oxygens (including phenoxy) is 1. The van der Waals surface area contributed by atoms with Crippen molar-refractivity contribution in [1.82, 2.24) is 10.2 Å². The van der Waals surface area contributed by atoms with Crippen LogP contribution in [0.1, 0.15) is 40.7 Å². The number of amides is 2. The van der Waals surface area contributed by atoms with Crippen LogP contribution in [0.3, 0.4) is 0 Å². The van der Waals surface area contributed by atoms with Crippen LogP contribution in [0.15, 0.2) is 82.6 Å². The Hall–Kier alpha value is -3.55. The van der Waals surface area contributed by atoms with Crippen LogP contribution in [0.2, 0.25) is 0 Å². The Balaban J connectivity index is 1.10. The molecule has 1 N–H and O–H groups in total. The average molecular weight is 556 g/mol. The fourth-order valence-corrected chi connectivity index (χ4v) is 6.51. The van der Waals surface area contributed by atoms with Crippen LogP contribution in [0.5, 0.6) is 5.75 Å². The number of carbonyl (C=O) groups is 2. The summed E-state index contributed by atoms with van der Waals surface area (Å²) in [5.74, 6) is 1.27. The van der Waals surface area contributed by atoms with Crippen molar-refractivity contribution in [2.75, 3.05) is 45.2 Å². The fourth-order valence-electron chi connectivity index (χ4n) is 5.43. The lowest BCUT2D eigenvalue weighted by atomic mass is 9.90. The van der Waals surface area contributed by atoms with E-state index in [4.69, 9.17) is 4.74 Å². The van der Waals surface area contributed by atoms with E-state index in [9.17, 15) is 9.59 Å². The molecule has 0 spiro atoms. The number of nitrogens with one attached hydrogen (secondary N) is 1. The lowest BCUT2D eigenvalue weighted by Gasteiger charge is -2.32. The smallest absolute Gasteiger partial charge is 0.264 e. The molecule has 2 aliphatic heterocycles. The van der Waals surface area contributed by atoms with Crippen molar-refractivity contribution in [1.29, 1.82) is 0 Å². The van der Waals surface area contributed by atoms with Crippen molar-refractivity contribution < 1.29 is 14.3 Å². The summed E-state index contributed by atoms with van der Waals surface area (Å²) in [6, 6.07) is 24.0. The van der Waals surface area contributed by atoms with Crippen molar-refractivity contribution >= 4 is 35.3 Å². The van der Waals surface area contributed by atoms with Gasteiger partial charge >= 0.3 is 0 Å². The molecule has 0 aliphatic carbocycles. The summed E-state index contributed by atoms with van der Waals surface area (Å²) in [6.07, 6.45) is 6.42. The zero-order chi connectivity index (χ0) is 27.9. The van der Waals surface area contributed by atoms with E-state index >= 15 is 0 Å². The zero-order valence-corrected chi connectivity index (χ0v) is 24.1. The number of methoxy groups -OCH3 is 1. The molecule has 0 unspecified atom stereocenters. The molecule has 3 aromatic carbocycles. The minimum atomic E-state index is -0.106. The van der Waals surface area contributed by atoms with Crippen LogP contribution in [0.4, 0.5) is 5.69 Å². The van der Waals surface area contributed by atoms with Gasteiger partial charge in [0.2, 0.25) is 0 Å². The van der Waals surface area contributed by atoms with Crippen LogP contribution in [0, 0.1) is 5.92 Å². The molecule has 0 bridgehead atoms. The number of benzene rings is 3. The maximum Gasteiger partial charge on any atom is 0.264 e. The van der Waals surface area contributed by atoms with Crippen molar-refractivity contribution in [2.45, 2.75) is 30.6 Å². The van der Waals surface area contributed by atoms with Gasteiger partial charge in [-0.15, -0.1) is 0 Å². The highest BCUT2D eigenvalue weighted by atomic mass is 32.2. The minimum Gasteiger partial charge on any atom is -0.496 e. The standard InChI is InChI=1S/C33H37N3O3S/c1-35-28-22-27(13-14-30(28)40-31(33(35)38)23-26-11-6-7-12-29(26)39-2)32(37)34-17-8-18-36-19-15-25(16-20-36)21-24-9-4-3-5-10-24/h3-7,9-14,22-23,25H,8,15-21H2,1-2H3,(H,34,37)/b31-23+. The van der Waals surface area contributed by atoms with E-state index in [1.54, 1.807) is 19.1 Å². The third kappa shape index (κ3) is 6.77. The summed E-state index contributed by atoms with van der Waals surface area (Å²) in [7, 11) is 3.37. The van der Waals surface area contributed by atoms with Gasteiger partial charge in [0.15, 0.2) is 0 Å². The Bertz CT molecular complexity index is 1370. The number of piperidine rings is 1. The molecular formula is C33H37N3O3S. The van der Waals surface area contributed by atoms with E-state index in [0.717, 1.165) is 53.9 Å². The van der Waals surface area contributed by atoms with E-state index in [1.807, 2.05) is 48.5 Å². The first kappa shape index (κ1) is 28.0. The topological polar surface area (TPSA) is 61.9 Å². The molecule has 0 aromatic heterocycles. The van der Waals surface area contributed by atoms with E-state index in [2.05, 4.69) is 40.5 Å². The van der Waals surface area contributed by atoms with E-state index in [-0.39, 0.29) is 11.8 Å². The first-order valence-electron chi connectivity index (χ1n) is 14.0. The third-order valence-corrected chi connectivity index (χ3v) is 8.83. The summed E-state index contributed by atoms with van der Waals surface area (Å²) < 4.78 is 5.43. The monoisotopic (exact) mass is 555 g/mol. The summed E-state index contributed by atoms with van der Waals surface area (Å²) in [6.45, 7) is 3.89. The number of rotatable bonds is 9. The molecule has 3 aromatic rings.